The number of esters is 1. The molecule has 1 N–H and O–H groups in total. The molecule has 12 heteroatoms. The number of methoxy groups -OCH3 is 1. The molecule has 1 aliphatic heterocycles. The van der Waals surface area contributed by atoms with Crippen molar-refractivity contribution in [1.82, 2.24) is 0 Å². The van der Waals surface area contributed by atoms with Crippen molar-refractivity contribution in [1.29, 1.82) is 0 Å². The molecule has 0 saturated carbocycles. The van der Waals surface area contributed by atoms with Crippen LogP contribution >= 0.6 is 11.6 Å². The summed E-state index contributed by atoms with van der Waals surface area (Å²) in [4.78, 5) is 36.6. The Kier molecular flexibility index (Phi) is 6.29. The maximum absolute atomic E-state index is 16.5. The van der Waals surface area contributed by atoms with Gasteiger partial charge < -0.3 is 14.6 Å². The van der Waals surface area contributed by atoms with Crippen LogP contribution < -0.4 is 9.64 Å². The molecule has 2 unspecified atom stereocenters. The van der Waals surface area contributed by atoms with Crippen LogP contribution in [-0.2, 0) is 31.0 Å². The Morgan fingerprint density at radius 1 is 1.18 bits per heavy atom. The molecule has 176 valence electrons. The monoisotopic (exact) mass is 489 g/mol. The van der Waals surface area contributed by atoms with Crippen molar-refractivity contribution >= 4 is 35.1 Å². The second-order valence-electron chi connectivity index (χ2n) is 7.12. The molecule has 2 aromatic rings. The lowest BCUT2D eigenvalue weighted by Gasteiger charge is -2.23. The first kappa shape index (κ1) is 24.3. The summed E-state index contributed by atoms with van der Waals surface area (Å²) in [6.07, 6.45) is -4.81. The molecule has 0 aliphatic carbocycles. The molecular formula is C21H16ClF4NO6. The number of halogens is 5. The molecule has 7 nitrogen and oxygen atoms in total. The van der Waals surface area contributed by atoms with Crippen molar-refractivity contribution in [2.45, 2.75) is 18.8 Å². The number of hydrogen-bond acceptors (Lipinski definition) is 5. The molecule has 2 aromatic carbocycles. The summed E-state index contributed by atoms with van der Waals surface area (Å²) in [5.41, 5.74) is -5.53. The molecule has 1 aliphatic rings. The van der Waals surface area contributed by atoms with Gasteiger partial charge in [-0.2, -0.15) is 13.2 Å². The van der Waals surface area contributed by atoms with E-state index in [2.05, 4.69) is 0 Å². The summed E-state index contributed by atoms with van der Waals surface area (Å²) in [6, 6.07) is 5.71. The van der Waals surface area contributed by atoms with Gasteiger partial charge in [-0.3, -0.25) is 19.3 Å². The van der Waals surface area contributed by atoms with Crippen LogP contribution in [0.15, 0.2) is 36.4 Å². The van der Waals surface area contributed by atoms with E-state index in [1.807, 2.05) is 0 Å². The van der Waals surface area contributed by atoms with E-state index in [1.54, 1.807) is 0 Å². The molecular weight excluding hydrogens is 474 g/mol. The number of aliphatic carboxylic acids is 1. The minimum atomic E-state index is -4.81. The van der Waals surface area contributed by atoms with Crippen LogP contribution in [0.25, 0.3) is 0 Å². The van der Waals surface area contributed by atoms with Gasteiger partial charge in [-0.25, -0.2) is 4.39 Å². The third-order valence-electron chi connectivity index (χ3n) is 5.12. The van der Waals surface area contributed by atoms with E-state index in [0.29, 0.717) is 17.0 Å². The second kappa shape index (κ2) is 8.54. The average Bonchev–Trinajstić information content (AvgIpc) is 2.97. The van der Waals surface area contributed by atoms with Crippen molar-refractivity contribution < 1.29 is 46.5 Å². The van der Waals surface area contributed by atoms with Gasteiger partial charge in [-0.1, -0.05) is 17.7 Å². The van der Waals surface area contributed by atoms with E-state index >= 15 is 4.39 Å². The van der Waals surface area contributed by atoms with Crippen LogP contribution in [-0.4, -0.2) is 36.8 Å². The van der Waals surface area contributed by atoms with Crippen molar-refractivity contribution in [3.8, 4) is 5.75 Å². The number of nitrogens with zero attached hydrogens (tertiary/aromatic N) is 1. The van der Waals surface area contributed by atoms with Gasteiger partial charge in [0.25, 0.3) is 5.91 Å². The molecule has 0 bridgehead atoms. The van der Waals surface area contributed by atoms with Crippen LogP contribution in [0.3, 0.4) is 0 Å². The summed E-state index contributed by atoms with van der Waals surface area (Å²) in [6.45, 7) is 0.000599. The molecule has 0 fully saturated rings. The number of carbonyl (C=O) groups excluding carboxylic acids is 2. The Labute approximate surface area is 189 Å². The highest BCUT2D eigenvalue weighted by molar-refractivity contribution is 6.30. The topological polar surface area (TPSA) is 93.1 Å². The van der Waals surface area contributed by atoms with Gasteiger partial charge in [0.15, 0.2) is 12.6 Å². The fraction of sp³-hybridized carbons (Fsp3) is 0.286. The molecule has 0 saturated heterocycles. The van der Waals surface area contributed by atoms with E-state index < -0.39 is 59.2 Å². The van der Waals surface area contributed by atoms with Gasteiger partial charge in [-0.05, 0) is 37.3 Å². The largest absolute Gasteiger partial charge is 0.496 e. The fourth-order valence-electron chi connectivity index (χ4n) is 3.33. The smallest absolute Gasteiger partial charge is 0.416 e. The maximum Gasteiger partial charge on any atom is 0.416 e. The van der Waals surface area contributed by atoms with Gasteiger partial charge in [-0.15, -0.1) is 0 Å². The fourth-order valence-corrected chi connectivity index (χ4v) is 3.50. The Bertz CT molecular complexity index is 1140. The molecule has 33 heavy (non-hydrogen) atoms. The quantitative estimate of drug-likeness (QED) is 0.372. The van der Waals surface area contributed by atoms with Gasteiger partial charge in [0, 0.05) is 16.1 Å². The normalized spacial score (nSPS) is 18.6. The number of anilines is 1. The summed E-state index contributed by atoms with van der Waals surface area (Å²) in [5, 5.41) is 8.93. The molecule has 2 atom stereocenters. The summed E-state index contributed by atoms with van der Waals surface area (Å²) >= 11 is 5.96. The lowest BCUT2D eigenvalue weighted by Crippen LogP contribution is -2.40. The van der Waals surface area contributed by atoms with Gasteiger partial charge >= 0.3 is 18.1 Å². The number of fused-ring (bicyclic) bond motifs is 1. The van der Waals surface area contributed by atoms with E-state index in [0.717, 1.165) is 19.1 Å². The van der Waals surface area contributed by atoms with Gasteiger partial charge in [0.2, 0.25) is 5.67 Å². The highest BCUT2D eigenvalue weighted by atomic mass is 35.5. The molecule has 0 aromatic heterocycles. The van der Waals surface area contributed by atoms with Crippen LogP contribution in [0.1, 0.15) is 23.6 Å². The van der Waals surface area contributed by atoms with Crippen molar-refractivity contribution in [2.24, 2.45) is 5.92 Å². The number of carbonyl (C=O) groups is 3. The minimum absolute atomic E-state index is 0.0317. The highest BCUT2D eigenvalue weighted by Crippen LogP contribution is 2.51. The van der Waals surface area contributed by atoms with Crippen molar-refractivity contribution in [2.75, 3.05) is 18.7 Å². The third-order valence-corrected chi connectivity index (χ3v) is 5.35. The third kappa shape index (κ3) is 4.20. The predicted octanol–water partition coefficient (Wildman–Crippen LogP) is 4.15. The van der Waals surface area contributed by atoms with Crippen LogP contribution in [0.2, 0.25) is 5.02 Å². The number of carboxylic acids is 1. The first-order chi connectivity index (χ1) is 15.3. The lowest BCUT2D eigenvalue weighted by molar-refractivity contribution is -0.157. The lowest BCUT2D eigenvalue weighted by atomic mass is 9.88. The Morgan fingerprint density at radius 3 is 2.42 bits per heavy atom. The first-order valence-corrected chi connectivity index (χ1v) is 9.66. The van der Waals surface area contributed by atoms with Crippen molar-refractivity contribution in [3.63, 3.8) is 0 Å². The molecule has 0 radical (unpaired) electrons. The Hall–Kier alpha value is -3.34. The van der Waals surface area contributed by atoms with E-state index in [-0.39, 0.29) is 16.3 Å². The Balaban J connectivity index is 2.14. The van der Waals surface area contributed by atoms with E-state index in [9.17, 15) is 27.6 Å². The zero-order valence-corrected chi connectivity index (χ0v) is 17.8. The number of rotatable bonds is 6. The predicted molar refractivity (Wildman–Crippen MR) is 107 cm³/mol. The molecule has 0 spiro atoms. The molecule has 1 amide bonds. The molecule has 3 rings (SSSR count). The average molecular weight is 490 g/mol. The number of hydrogen-bond donors (Lipinski definition) is 1. The number of amides is 1. The van der Waals surface area contributed by atoms with Crippen LogP contribution in [0.5, 0.6) is 5.75 Å². The minimum Gasteiger partial charge on any atom is -0.496 e. The van der Waals surface area contributed by atoms with Crippen LogP contribution in [0.4, 0.5) is 23.2 Å². The number of carboxylic acid groups (broad SMARTS) is 1. The van der Waals surface area contributed by atoms with E-state index in [4.69, 9.17) is 26.2 Å². The number of ether oxygens (including phenoxy) is 2. The van der Waals surface area contributed by atoms with E-state index in [1.165, 1.54) is 19.2 Å². The first-order valence-electron chi connectivity index (χ1n) is 9.28. The second-order valence-corrected chi connectivity index (χ2v) is 7.55. The zero-order valence-electron chi connectivity index (χ0n) is 17.1. The van der Waals surface area contributed by atoms with Gasteiger partial charge in [0.05, 0.1) is 18.4 Å². The zero-order chi connectivity index (χ0) is 24.7. The van der Waals surface area contributed by atoms with Crippen molar-refractivity contribution in [3.05, 3.63) is 58.1 Å². The standard InChI is InChI=1S/C21H16ClF4NO6/c1-10(17(28)29)18(30)33-9-27-15-7-11(21(24,25)26)3-5-13(15)20(23,19(27)31)14-8-12(22)4-6-16(14)32-2/h3-8,10H,9H2,1-2H3,(H,28,29). The van der Waals surface area contributed by atoms with Crippen LogP contribution in [0, 0.1) is 5.92 Å². The Morgan fingerprint density at radius 2 is 1.85 bits per heavy atom. The number of benzene rings is 2. The summed E-state index contributed by atoms with van der Waals surface area (Å²) in [7, 11) is 1.20. The number of alkyl halides is 4. The summed E-state index contributed by atoms with van der Waals surface area (Å²) in [5.74, 6) is -5.86. The van der Waals surface area contributed by atoms with Gasteiger partial charge in [0.1, 0.15) is 5.75 Å². The summed E-state index contributed by atoms with van der Waals surface area (Å²) < 4.78 is 66.3. The molecule has 1 heterocycles. The maximum atomic E-state index is 16.5. The highest BCUT2D eigenvalue weighted by Gasteiger charge is 2.55. The SMILES string of the molecule is COc1ccc(Cl)cc1C1(F)C(=O)N(COC(=O)C(C)C(=O)O)c2cc(C(F)(F)F)ccc21.